The summed E-state index contributed by atoms with van der Waals surface area (Å²) in [7, 11) is 1.35. The standard InChI is InChI=1S/C14H15NO3/c1-3-18-14-11(8-9-13(16)17-2)10-6-4-5-7-12(10)15-14/h4-9,15H,3H2,1-2H3/b9-8+. The Labute approximate surface area is 105 Å². The first-order valence-corrected chi connectivity index (χ1v) is 5.75. The predicted octanol–water partition coefficient (Wildman–Crippen LogP) is 2.75. The lowest BCUT2D eigenvalue weighted by molar-refractivity contribution is -0.134. The number of aromatic nitrogens is 1. The molecule has 0 amide bonds. The summed E-state index contributed by atoms with van der Waals surface area (Å²) in [5, 5.41) is 1.01. The average molecular weight is 245 g/mol. The second-order valence-corrected chi connectivity index (χ2v) is 3.70. The van der Waals surface area contributed by atoms with E-state index in [1.54, 1.807) is 6.08 Å². The SMILES string of the molecule is CCOc1[nH]c2ccccc2c1/C=C/C(=O)OC. The smallest absolute Gasteiger partial charge is 0.330 e. The number of hydrogen-bond acceptors (Lipinski definition) is 3. The van der Waals surface area contributed by atoms with Crippen LogP contribution in [0.25, 0.3) is 17.0 Å². The molecular formula is C14H15NO3. The molecule has 0 saturated carbocycles. The van der Waals surface area contributed by atoms with Crippen LogP contribution in [0.5, 0.6) is 5.88 Å². The van der Waals surface area contributed by atoms with Crippen LogP contribution in [0, 0.1) is 0 Å². The Morgan fingerprint density at radius 1 is 1.39 bits per heavy atom. The van der Waals surface area contributed by atoms with E-state index in [0.29, 0.717) is 12.5 Å². The summed E-state index contributed by atoms with van der Waals surface area (Å²) in [4.78, 5) is 14.3. The van der Waals surface area contributed by atoms with E-state index < -0.39 is 0 Å². The lowest BCUT2D eigenvalue weighted by atomic mass is 10.1. The number of H-pyrrole nitrogens is 1. The Morgan fingerprint density at radius 2 is 2.17 bits per heavy atom. The maximum absolute atomic E-state index is 11.2. The third-order valence-electron chi connectivity index (χ3n) is 2.59. The van der Waals surface area contributed by atoms with E-state index in [2.05, 4.69) is 9.72 Å². The monoisotopic (exact) mass is 245 g/mol. The second-order valence-electron chi connectivity index (χ2n) is 3.70. The minimum atomic E-state index is -0.386. The predicted molar refractivity (Wildman–Crippen MR) is 70.5 cm³/mol. The summed E-state index contributed by atoms with van der Waals surface area (Å²) in [6, 6.07) is 7.84. The summed E-state index contributed by atoms with van der Waals surface area (Å²) >= 11 is 0. The van der Waals surface area contributed by atoms with Gasteiger partial charge < -0.3 is 14.5 Å². The number of ether oxygens (including phenoxy) is 2. The maximum Gasteiger partial charge on any atom is 0.330 e. The lowest BCUT2D eigenvalue weighted by Gasteiger charge is -2.00. The van der Waals surface area contributed by atoms with Gasteiger partial charge >= 0.3 is 5.97 Å². The highest BCUT2D eigenvalue weighted by atomic mass is 16.5. The van der Waals surface area contributed by atoms with Gasteiger partial charge in [0.05, 0.1) is 13.7 Å². The fourth-order valence-corrected chi connectivity index (χ4v) is 1.78. The number of benzene rings is 1. The summed E-state index contributed by atoms with van der Waals surface area (Å²) in [5.41, 5.74) is 1.84. The molecule has 0 saturated heterocycles. The Kier molecular flexibility index (Phi) is 3.67. The molecule has 0 aliphatic rings. The molecule has 0 bridgehead atoms. The van der Waals surface area contributed by atoms with E-state index in [4.69, 9.17) is 4.74 Å². The van der Waals surface area contributed by atoms with Gasteiger partial charge in [-0.1, -0.05) is 18.2 Å². The van der Waals surface area contributed by atoms with Crippen molar-refractivity contribution in [1.82, 2.24) is 4.98 Å². The number of para-hydroxylation sites is 1. The number of esters is 1. The van der Waals surface area contributed by atoms with E-state index in [1.165, 1.54) is 13.2 Å². The first-order chi connectivity index (χ1) is 8.76. The van der Waals surface area contributed by atoms with Gasteiger partial charge in [-0.05, 0) is 19.1 Å². The van der Waals surface area contributed by atoms with E-state index in [-0.39, 0.29) is 5.97 Å². The van der Waals surface area contributed by atoms with Crippen LogP contribution < -0.4 is 4.74 Å². The molecule has 0 spiro atoms. The number of fused-ring (bicyclic) bond motifs is 1. The molecule has 94 valence electrons. The Hall–Kier alpha value is -2.23. The molecule has 2 aromatic rings. The van der Waals surface area contributed by atoms with Crippen LogP contribution in [0.1, 0.15) is 12.5 Å². The van der Waals surface area contributed by atoms with Gasteiger partial charge in [-0.15, -0.1) is 0 Å². The fraction of sp³-hybridized carbons (Fsp3) is 0.214. The highest BCUT2D eigenvalue weighted by molar-refractivity contribution is 5.96. The summed E-state index contributed by atoms with van der Waals surface area (Å²) in [6.45, 7) is 2.48. The molecule has 0 fully saturated rings. The third-order valence-corrected chi connectivity index (χ3v) is 2.59. The molecular weight excluding hydrogens is 230 g/mol. The van der Waals surface area contributed by atoms with Gasteiger partial charge in [-0.3, -0.25) is 0 Å². The van der Waals surface area contributed by atoms with E-state index >= 15 is 0 Å². The highest BCUT2D eigenvalue weighted by Gasteiger charge is 2.09. The van der Waals surface area contributed by atoms with Crippen molar-refractivity contribution in [3.05, 3.63) is 35.9 Å². The lowest BCUT2D eigenvalue weighted by Crippen LogP contribution is -1.95. The van der Waals surface area contributed by atoms with Crippen molar-refractivity contribution in [1.29, 1.82) is 0 Å². The molecule has 0 atom stereocenters. The zero-order valence-electron chi connectivity index (χ0n) is 10.4. The molecule has 18 heavy (non-hydrogen) atoms. The van der Waals surface area contributed by atoms with Crippen LogP contribution in [-0.4, -0.2) is 24.7 Å². The van der Waals surface area contributed by atoms with Crippen molar-refractivity contribution in [2.45, 2.75) is 6.92 Å². The summed E-state index contributed by atoms with van der Waals surface area (Å²) in [6.07, 6.45) is 3.09. The molecule has 1 aromatic heterocycles. The van der Waals surface area contributed by atoms with Crippen molar-refractivity contribution in [3.63, 3.8) is 0 Å². The van der Waals surface area contributed by atoms with Gasteiger partial charge in [0.15, 0.2) is 5.88 Å². The minimum absolute atomic E-state index is 0.386. The molecule has 0 aliphatic heterocycles. The van der Waals surface area contributed by atoms with Crippen molar-refractivity contribution in [3.8, 4) is 5.88 Å². The number of nitrogens with one attached hydrogen (secondary N) is 1. The number of carbonyl (C=O) groups is 1. The maximum atomic E-state index is 11.2. The van der Waals surface area contributed by atoms with Crippen LogP contribution in [0.2, 0.25) is 0 Å². The first-order valence-electron chi connectivity index (χ1n) is 5.75. The number of hydrogen-bond donors (Lipinski definition) is 1. The number of aromatic amines is 1. The molecule has 2 rings (SSSR count). The van der Waals surface area contributed by atoms with Gasteiger partial charge in [0, 0.05) is 22.5 Å². The van der Waals surface area contributed by atoms with Crippen LogP contribution in [0.15, 0.2) is 30.3 Å². The Morgan fingerprint density at radius 3 is 2.89 bits per heavy atom. The second kappa shape index (κ2) is 5.40. The van der Waals surface area contributed by atoms with Crippen molar-refractivity contribution in [2.75, 3.05) is 13.7 Å². The van der Waals surface area contributed by atoms with E-state index in [1.807, 2.05) is 31.2 Å². The highest BCUT2D eigenvalue weighted by Crippen LogP contribution is 2.29. The van der Waals surface area contributed by atoms with Crippen molar-refractivity contribution < 1.29 is 14.3 Å². The van der Waals surface area contributed by atoms with Gasteiger partial charge in [0.2, 0.25) is 0 Å². The van der Waals surface area contributed by atoms with Gasteiger partial charge in [-0.25, -0.2) is 4.79 Å². The Balaban J connectivity index is 2.47. The third kappa shape index (κ3) is 2.37. The molecule has 4 nitrogen and oxygen atoms in total. The quantitative estimate of drug-likeness (QED) is 0.665. The van der Waals surface area contributed by atoms with Crippen LogP contribution >= 0.6 is 0 Å². The van der Waals surface area contributed by atoms with Crippen LogP contribution in [0.3, 0.4) is 0 Å². The molecule has 0 radical (unpaired) electrons. The van der Waals surface area contributed by atoms with Gasteiger partial charge in [-0.2, -0.15) is 0 Å². The number of rotatable bonds is 4. The zero-order chi connectivity index (χ0) is 13.0. The van der Waals surface area contributed by atoms with E-state index in [9.17, 15) is 4.79 Å². The minimum Gasteiger partial charge on any atom is -0.479 e. The summed E-state index contributed by atoms with van der Waals surface area (Å²) < 4.78 is 10.1. The zero-order valence-corrected chi connectivity index (χ0v) is 10.4. The average Bonchev–Trinajstić information content (AvgIpc) is 2.74. The molecule has 1 N–H and O–H groups in total. The van der Waals surface area contributed by atoms with Crippen LogP contribution in [0.4, 0.5) is 0 Å². The van der Waals surface area contributed by atoms with Gasteiger partial charge in [0.25, 0.3) is 0 Å². The molecule has 4 heteroatoms. The molecule has 1 heterocycles. The molecule has 0 aliphatic carbocycles. The van der Waals surface area contributed by atoms with Crippen molar-refractivity contribution in [2.24, 2.45) is 0 Å². The van der Waals surface area contributed by atoms with Crippen molar-refractivity contribution >= 4 is 22.9 Å². The largest absolute Gasteiger partial charge is 0.479 e. The van der Waals surface area contributed by atoms with Crippen LogP contribution in [-0.2, 0) is 9.53 Å². The topological polar surface area (TPSA) is 51.3 Å². The van der Waals surface area contributed by atoms with Gasteiger partial charge in [0.1, 0.15) is 0 Å². The number of methoxy groups -OCH3 is 1. The summed E-state index contributed by atoms with van der Waals surface area (Å²) in [5.74, 6) is 0.279. The van der Waals surface area contributed by atoms with E-state index in [0.717, 1.165) is 16.5 Å². The molecule has 1 aromatic carbocycles. The number of carbonyl (C=O) groups excluding carboxylic acids is 1. The first kappa shape index (κ1) is 12.2. The normalized spacial score (nSPS) is 11.0. The fourth-order valence-electron chi connectivity index (χ4n) is 1.78. The Bertz CT molecular complexity index is 584. The molecule has 0 unspecified atom stereocenters.